The first-order valence-corrected chi connectivity index (χ1v) is 5.70. The molecule has 0 saturated heterocycles. The number of alkyl halides is 1. The summed E-state index contributed by atoms with van der Waals surface area (Å²) in [7, 11) is 0. The molecule has 0 heterocycles. The van der Waals surface area contributed by atoms with Gasteiger partial charge in [0.05, 0.1) is 0 Å². The van der Waals surface area contributed by atoms with Gasteiger partial charge in [-0.3, -0.25) is 0 Å². The molecule has 0 bridgehead atoms. The number of rotatable bonds is 5. The van der Waals surface area contributed by atoms with Gasteiger partial charge in [0, 0.05) is 12.6 Å². The lowest BCUT2D eigenvalue weighted by molar-refractivity contribution is -0.0242. The van der Waals surface area contributed by atoms with Crippen LogP contribution in [-0.2, 0) is 5.60 Å². The summed E-state index contributed by atoms with van der Waals surface area (Å²) in [5, 5.41) is 13.0. The fourth-order valence-electron chi connectivity index (χ4n) is 1.51. The molecule has 0 aliphatic rings. The van der Waals surface area contributed by atoms with Crippen LogP contribution in [-0.4, -0.2) is 23.9 Å². The SMILES string of the molecule is CC(C)NC[C@@H](F)[C@@](C)(O)c1ccc(F)cc1. The fourth-order valence-corrected chi connectivity index (χ4v) is 1.51. The van der Waals surface area contributed by atoms with Crippen molar-refractivity contribution in [3.8, 4) is 0 Å². The van der Waals surface area contributed by atoms with E-state index in [0.29, 0.717) is 5.56 Å². The molecular formula is C13H19F2NO. The van der Waals surface area contributed by atoms with Gasteiger partial charge in [-0.25, -0.2) is 8.78 Å². The lowest BCUT2D eigenvalue weighted by Gasteiger charge is -2.28. The Morgan fingerprint density at radius 1 is 1.29 bits per heavy atom. The molecule has 0 spiro atoms. The van der Waals surface area contributed by atoms with Crippen LogP contribution in [0.2, 0.25) is 0 Å². The number of hydrogen-bond donors (Lipinski definition) is 2. The zero-order chi connectivity index (χ0) is 13.1. The molecule has 0 saturated carbocycles. The van der Waals surface area contributed by atoms with Crippen LogP contribution in [0.25, 0.3) is 0 Å². The lowest BCUT2D eigenvalue weighted by Crippen LogP contribution is -2.42. The van der Waals surface area contributed by atoms with Crippen molar-refractivity contribution in [2.45, 2.75) is 38.6 Å². The highest BCUT2D eigenvalue weighted by Gasteiger charge is 2.33. The smallest absolute Gasteiger partial charge is 0.145 e. The lowest BCUT2D eigenvalue weighted by atomic mass is 9.91. The van der Waals surface area contributed by atoms with Crippen molar-refractivity contribution in [2.24, 2.45) is 0 Å². The summed E-state index contributed by atoms with van der Waals surface area (Å²) in [6.45, 7) is 5.26. The van der Waals surface area contributed by atoms with Crippen molar-refractivity contribution in [1.29, 1.82) is 0 Å². The standard InChI is InChI=1S/C13H19F2NO/c1-9(2)16-8-12(15)13(3,17)10-4-6-11(14)7-5-10/h4-7,9,12,16-17H,8H2,1-3H3/t12-,13+/m1/s1. The van der Waals surface area contributed by atoms with E-state index in [0.717, 1.165) is 0 Å². The maximum atomic E-state index is 13.9. The molecule has 0 radical (unpaired) electrons. The third-order valence-corrected chi connectivity index (χ3v) is 2.74. The van der Waals surface area contributed by atoms with Gasteiger partial charge in [0.25, 0.3) is 0 Å². The zero-order valence-electron chi connectivity index (χ0n) is 10.4. The molecule has 0 aliphatic carbocycles. The number of nitrogens with one attached hydrogen (secondary N) is 1. The second-order valence-electron chi connectivity index (χ2n) is 4.68. The van der Waals surface area contributed by atoms with Crippen molar-refractivity contribution < 1.29 is 13.9 Å². The molecule has 1 aromatic carbocycles. The van der Waals surface area contributed by atoms with E-state index in [9.17, 15) is 13.9 Å². The van der Waals surface area contributed by atoms with E-state index in [2.05, 4.69) is 5.32 Å². The molecule has 17 heavy (non-hydrogen) atoms. The van der Waals surface area contributed by atoms with Crippen LogP contribution in [0.4, 0.5) is 8.78 Å². The summed E-state index contributed by atoms with van der Waals surface area (Å²) in [5.41, 5.74) is -1.24. The van der Waals surface area contributed by atoms with Gasteiger partial charge in [0.1, 0.15) is 17.6 Å². The maximum Gasteiger partial charge on any atom is 0.145 e. The number of benzene rings is 1. The summed E-state index contributed by atoms with van der Waals surface area (Å²) < 4.78 is 26.7. The number of halogens is 2. The largest absolute Gasteiger partial charge is 0.382 e. The van der Waals surface area contributed by atoms with Crippen molar-refractivity contribution in [2.75, 3.05) is 6.54 Å². The number of aliphatic hydroxyl groups is 1. The summed E-state index contributed by atoms with van der Waals surface area (Å²) in [6, 6.07) is 5.38. The molecule has 0 amide bonds. The Labute approximate surface area is 101 Å². The average Bonchev–Trinajstić information content (AvgIpc) is 2.26. The third kappa shape index (κ3) is 3.75. The van der Waals surface area contributed by atoms with Gasteiger partial charge in [-0.2, -0.15) is 0 Å². The number of hydrogen-bond acceptors (Lipinski definition) is 2. The molecule has 2 atom stereocenters. The second kappa shape index (κ2) is 5.56. The van der Waals surface area contributed by atoms with E-state index in [1.165, 1.54) is 31.2 Å². The van der Waals surface area contributed by atoms with E-state index in [-0.39, 0.29) is 12.6 Å². The molecule has 96 valence electrons. The molecule has 0 unspecified atom stereocenters. The van der Waals surface area contributed by atoms with Gasteiger partial charge >= 0.3 is 0 Å². The molecular weight excluding hydrogens is 224 g/mol. The Kier molecular flexibility index (Phi) is 4.60. The van der Waals surface area contributed by atoms with E-state index < -0.39 is 17.6 Å². The van der Waals surface area contributed by atoms with Crippen molar-refractivity contribution in [1.82, 2.24) is 5.32 Å². The second-order valence-corrected chi connectivity index (χ2v) is 4.68. The van der Waals surface area contributed by atoms with E-state index >= 15 is 0 Å². The molecule has 4 heteroatoms. The molecule has 0 aliphatic heterocycles. The Hall–Kier alpha value is -1.00. The monoisotopic (exact) mass is 243 g/mol. The molecule has 2 N–H and O–H groups in total. The van der Waals surface area contributed by atoms with Crippen LogP contribution in [0.3, 0.4) is 0 Å². The Morgan fingerprint density at radius 2 is 1.82 bits per heavy atom. The first-order chi connectivity index (χ1) is 7.84. The Bertz CT molecular complexity index is 349. The van der Waals surface area contributed by atoms with Crippen LogP contribution >= 0.6 is 0 Å². The highest BCUT2D eigenvalue weighted by atomic mass is 19.1. The van der Waals surface area contributed by atoms with Crippen LogP contribution in [0, 0.1) is 5.82 Å². The van der Waals surface area contributed by atoms with Crippen molar-refractivity contribution in [3.63, 3.8) is 0 Å². The Morgan fingerprint density at radius 3 is 2.29 bits per heavy atom. The van der Waals surface area contributed by atoms with Gasteiger partial charge in [-0.05, 0) is 24.6 Å². The van der Waals surface area contributed by atoms with Crippen molar-refractivity contribution >= 4 is 0 Å². The first kappa shape index (κ1) is 14.1. The molecule has 2 nitrogen and oxygen atoms in total. The van der Waals surface area contributed by atoms with Crippen LogP contribution in [0.1, 0.15) is 26.3 Å². The predicted molar refractivity (Wildman–Crippen MR) is 64.0 cm³/mol. The van der Waals surface area contributed by atoms with Crippen molar-refractivity contribution in [3.05, 3.63) is 35.6 Å². The zero-order valence-corrected chi connectivity index (χ0v) is 10.4. The van der Waals surface area contributed by atoms with E-state index in [1.807, 2.05) is 13.8 Å². The minimum Gasteiger partial charge on any atom is -0.382 e. The average molecular weight is 243 g/mol. The van der Waals surface area contributed by atoms with E-state index in [4.69, 9.17) is 0 Å². The minimum absolute atomic E-state index is 0.0576. The van der Waals surface area contributed by atoms with Gasteiger partial charge in [-0.15, -0.1) is 0 Å². The van der Waals surface area contributed by atoms with Gasteiger partial charge in [0.15, 0.2) is 0 Å². The third-order valence-electron chi connectivity index (χ3n) is 2.74. The highest BCUT2D eigenvalue weighted by Crippen LogP contribution is 2.26. The van der Waals surface area contributed by atoms with E-state index in [1.54, 1.807) is 0 Å². The summed E-state index contributed by atoms with van der Waals surface area (Å²) in [5.74, 6) is -0.403. The molecule has 0 fully saturated rings. The van der Waals surface area contributed by atoms with Crippen LogP contribution in [0.5, 0.6) is 0 Å². The fraction of sp³-hybridized carbons (Fsp3) is 0.538. The molecule has 1 rings (SSSR count). The highest BCUT2D eigenvalue weighted by molar-refractivity contribution is 5.23. The summed E-state index contributed by atoms with van der Waals surface area (Å²) in [6.07, 6.45) is -1.45. The van der Waals surface area contributed by atoms with Gasteiger partial charge in [0.2, 0.25) is 0 Å². The predicted octanol–water partition coefficient (Wildman–Crippen LogP) is 2.37. The minimum atomic E-state index is -1.62. The van der Waals surface area contributed by atoms with Gasteiger partial charge in [-0.1, -0.05) is 26.0 Å². The molecule has 1 aromatic rings. The normalized spacial score (nSPS) is 16.9. The Balaban J connectivity index is 2.75. The maximum absolute atomic E-state index is 13.9. The van der Waals surface area contributed by atoms with Crippen LogP contribution < -0.4 is 5.32 Å². The van der Waals surface area contributed by atoms with Crippen LogP contribution in [0.15, 0.2) is 24.3 Å². The topological polar surface area (TPSA) is 32.3 Å². The summed E-state index contributed by atoms with van der Waals surface area (Å²) in [4.78, 5) is 0. The molecule has 0 aromatic heterocycles. The summed E-state index contributed by atoms with van der Waals surface area (Å²) >= 11 is 0. The quantitative estimate of drug-likeness (QED) is 0.832. The first-order valence-electron chi connectivity index (χ1n) is 5.70. The van der Waals surface area contributed by atoms with Gasteiger partial charge < -0.3 is 10.4 Å².